The average Bonchev–Trinajstić information content (AvgIpc) is 2.83. The molecule has 1 amide bonds. The first-order chi connectivity index (χ1) is 9.58. The van der Waals surface area contributed by atoms with E-state index >= 15 is 0 Å². The molecule has 0 fully saturated rings. The predicted molar refractivity (Wildman–Crippen MR) is 82.5 cm³/mol. The molecule has 2 nitrogen and oxygen atoms in total. The van der Waals surface area contributed by atoms with Crippen LogP contribution in [0.15, 0.2) is 36.4 Å². The number of hydrogen-bond donors (Lipinski definition) is 0. The average molecular weight is 265 g/mol. The zero-order valence-electron chi connectivity index (χ0n) is 12.2. The van der Waals surface area contributed by atoms with Gasteiger partial charge in [-0.25, -0.2) is 0 Å². The largest absolute Gasteiger partial charge is 0.307 e. The van der Waals surface area contributed by atoms with E-state index in [1.807, 2.05) is 24.0 Å². The third-order valence-electron chi connectivity index (χ3n) is 4.05. The number of nitrogens with zero attached hydrogens (tertiary/aromatic N) is 1. The van der Waals surface area contributed by atoms with E-state index in [0.717, 1.165) is 29.8 Å². The fraction of sp³-hybridized carbons (Fsp3) is 0.278. The SMILES string of the molecule is Cc1ccc(C(=O)N2CCc3cccc(C)c32)c(C)c1. The van der Waals surface area contributed by atoms with Crippen LogP contribution in [-0.2, 0) is 6.42 Å². The second kappa shape index (κ2) is 4.78. The highest BCUT2D eigenvalue weighted by Gasteiger charge is 2.27. The van der Waals surface area contributed by atoms with Crippen molar-refractivity contribution in [2.24, 2.45) is 0 Å². The van der Waals surface area contributed by atoms with Gasteiger partial charge >= 0.3 is 0 Å². The van der Waals surface area contributed by atoms with Gasteiger partial charge in [-0.1, -0.05) is 35.9 Å². The molecule has 2 aromatic rings. The maximum Gasteiger partial charge on any atom is 0.258 e. The smallest absolute Gasteiger partial charge is 0.258 e. The van der Waals surface area contributed by atoms with Gasteiger partial charge < -0.3 is 4.90 Å². The molecule has 102 valence electrons. The minimum absolute atomic E-state index is 0.121. The molecule has 0 N–H and O–H groups in total. The first-order valence-electron chi connectivity index (χ1n) is 7.05. The van der Waals surface area contributed by atoms with Crippen molar-refractivity contribution in [2.75, 3.05) is 11.4 Å². The van der Waals surface area contributed by atoms with Crippen molar-refractivity contribution in [1.82, 2.24) is 0 Å². The minimum atomic E-state index is 0.121. The van der Waals surface area contributed by atoms with Crippen molar-refractivity contribution in [1.29, 1.82) is 0 Å². The Morgan fingerprint density at radius 2 is 1.85 bits per heavy atom. The summed E-state index contributed by atoms with van der Waals surface area (Å²) in [5, 5.41) is 0. The molecule has 0 aromatic heterocycles. The van der Waals surface area contributed by atoms with Crippen LogP contribution in [0.25, 0.3) is 0 Å². The van der Waals surface area contributed by atoms with E-state index in [4.69, 9.17) is 0 Å². The first kappa shape index (κ1) is 12.9. The van der Waals surface area contributed by atoms with Gasteiger partial charge in [-0.2, -0.15) is 0 Å². The molecule has 20 heavy (non-hydrogen) atoms. The molecule has 2 heteroatoms. The van der Waals surface area contributed by atoms with E-state index in [-0.39, 0.29) is 5.91 Å². The van der Waals surface area contributed by atoms with Gasteiger partial charge in [0.05, 0.1) is 5.69 Å². The van der Waals surface area contributed by atoms with E-state index in [9.17, 15) is 4.79 Å². The lowest BCUT2D eigenvalue weighted by molar-refractivity contribution is 0.0988. The van der Waals surface area contributed by atoms with Gasteiger partial charge in [0, 0.05) is 12.1 Å². The molecule has 1 aliphatic heterocycles. The second-order valence-electron chi connectivity index (χ2n) is 5.61. The van der Waals surface area contributed by atoms with E-state index < -0.39 is 0 Å². The van der Waals surface area contributed by atoms with Crippen LogP contribution in [0.3, 0.4) is 0 Å². The number of amides is 1. The fourth-order valence-corrected chi connectivity index (χ4v) is 3.05. The van der Waals surface area contributed by atoms with Crippen LogP contribution in [-0.4, -0.2) is 12.5 Å². The van der Waals surface area contributed by atoms with E-state index in [1.54, 1.807) is 0 Å². The third-order valence-corrected chi connectivity index (χ3v) is 4.05. The van der Waals surface area contributed by atoms with Gasteiger partial charge in [0.1, 0.15) is 0 Å². The maximum atomic E-state index is 12.8. The zero-order chi connectivity index (χ0) is 14.3. The quantitative estimate of drug-likeness (QED) is 0.767. The summed E-state index contributed by atoms with van der Waals surface area (Å²) in [7, 11) is 0. The van der Waals surface area contributed by atoms with E-state index in [1.165, 1.54) is 16.7 Å². The fourth-order valence-electron chi connectivity index (χ4n) is 3.05. The van der Waals surface area contributed by atoms with Crippen LogP contribution >= 0.6 is 0 Å². The Balaban J connectivity index is 2.02. The van der Waals surface area contributed by atoms with Gasteiger partial charge in [0.2, 0.25) is 0 Å². The van der Waals surface area contributed by atoms with Crippen LogP contribution in [0.4, 0.5) is 5.69 Å². The minimum Gasteiger partial charge on any atom is -0.307 e. The monoisotopic (exact) mass is 265 g/mol. The molecule has 0 saturated heterocycles. The van der Waals surface area contributed by atoms with Crippen LogP contribution < -0.4 is 4.90 Å². The number of hydrogen-bond acceptors (Lipinski definition) is 1. The topological polar surface area (TPSA) is 20.3 Å². The molecular weight excluding hydrogens is 246 g/mol. The van der Waals surface area contributed by atoms with Crippen molar-refractivity contribution in [3.05, 3.63) is 64.2 Å². The van der Waals surface area contributed by atoms with E-state index in [0.29, 0.717) is 0 Å². The van der Waals surface area contributed by atoms with Crippen LogP contribution in [0, 0.1) is 20.8 Å². The number of benzene rings is 2. The van der Waals surface area contributed by atoms with Gasteiger partial charge in [-0.05, 0) is 49.9 Å². The van der Waals surface area contributed by atoms with Crippen molar-refractivity contribution >= 4 is 11.6 Å². The van der Waals surface area contributed by atoms with Crippen molar-refractivity contribution in [3.63, 3.8) is 0 Å². The number of carbonyl (C=O) groups excluding carboxylic acids is 1. The summed E-state index contributed by atoms with van der Waals surface area (Å²) in [6, 6.07) is 12.3. The summed E-state index contributed by atoms with van der Waals surface area (Å²) in [4.78, 5) is 14.8. The molecule has 0 unspecified atom stereocenters. The summed E-state index contributed by atoms with van der Waals surface area (Å²) in [5.41, 5.74) is 6.62. The number of aryl methyl sites for hydroxylation is 3. The highest BCUT2D eigenvalue weighted by Crippen LogP contribution is 2.32. The Morgan fingerprint density at radius 1 is 1.05 bits per heavy atom. The molecule has 0 bridgehead atoms. The molecular formula is C18H19NO. The zero-order valence-corrected chi connectivity index (χ0v) is 12.2. The molecule has 0 aliphatic carbocycles. The molecule has 1 aliphatic rings. The molecule has 3 rings (SSSR count). The summed E-state index contributed by atoms with van der Waals surface area (Å²) in [5.74, 6) is 0.121. The third kappa shape index (κ3) is 2.01. The summed E-state index contributed by atoms with van der Waals surface area (Å²) in [6.45, 7) is 6.92. The van der Waals surface area contributed by atoms with Crippen LogP contribution in [0.2, 0.25) is 0 Å². The lowest BCUT2D eigenvalue weighted by atomic mass is 10.0. The van der Waals surface area contributed by atoms with Crippen LogP contribution in [0.1, 0.15) is 32.6 Å². The van der Waals surface area contributed by atoms with E-state index in [2.05, 4.69) is 38.1 Å². The number of anilines is 1. The summed E-state index contributed by atoms with van der Waals surface area (Å²) in [6.07, 6.45) is 0.952. The first-order valence-corrected chi connectivity index (χ1v) is 7.05. The van der Waals surface area contributed by atoms with Crippen molar-refractivity contribution in [3.8, 4) is 0 Å². The Morgan fingerprint density at radius 3 is 2.60 bits per heavy atom. The molecule has 0 saturated carbocycles. The second-order valence-corrected chi connectivity index (χ2v) is 5.61. The number of para-hydroxylation sites is 1. The van der Waals surface area contributed by atoms with Crippen molar-refractivity contribution in [2.45, 2.75) is 27.2 Å². The Labute approximate surface area is 120 Å². The maximum absolute atomic E-state index is 12.8. The van der Waals surface area contributed by atoms with Crippen molar-refractivity contribution < 1.29 is 4.79 Å². The number of fused-ring (bicyclic) bond motifs is 1. The predicted octanol–water partition coefficient (Wildman–Crippen LogP) is 3.81. The molecule has 0 atom stereocenters. The lowest BCUT2D eigenvalue weighted by Crippen LogP contribution is -2.30. The lowest BCUT2D eigenvalue weighted by Gasteiger charge is -2.20. The number of rotatable bonds is 1. The summed E-state index contributed by atoms with van der Waals surface area (Å²) >= 11 is 0. The van der Waals surface area contributed by atoms with Gasteiger partial charge in [0.25, 0.3) is 5.91 Å². The Kier molecular flexibility index (Phi) is 3.09. The highest BCUT2D eigenvalue weighted by atomic mass is 16.2. The Bertz CT molecular complexity index is 688. The normalized spacial score (nSPS) is 13.4. The Hall–Kier alpha value is -2.09. The summed E-state index contributed by atoms with van der Waals surface area (Å²) < 4.78 is 0. The van der Waals surface area contributed by atoms with Gasteiger partial charge in [-0.3, -0.25) is 4.79 Å². The molecule has 2 aromatic carbocycles. The molecule has 0 radical (unpaired) electrons. The highest BCUT2D eigenvalue weighted by molar-refractivity contribution is 6.08. The molecule has 0 spiro atoms. The van der Waals surface area contributed by atoms with Gasteiger partial charge in [0.15, 0.2) is 0 Å². The molecule has 1 heterocycles. The standard InChI is InChI=1S/C18H19NO/c1-12-7-8-16(14(3)11-12)18(20)19-10-9-15-6-4-5-13(2)17(15)19/h4-8,11H,9-10H2,1-3H3. The van der Waals surface area contributed by atoms with Crippen LogP contribution in [0.5, 0.6) is 0 Å². The number of carbonyl (C=O) groups is 1. The van der Waals surface area contributed by atoms with Gasteiger partial charge in [-0.15, -0.1) is 0 Å².